The minimum Gasteiger partial charge on any atom is -0.317 e. The number of nitrogens with one attached hydrogen (secondary N) is 1. The number of hydrogen-bond acceptors (Lipinski definition) is 2. The summed E-state index contributed by atoms with van der Waals surface area (Å²) in [4.78, 5) is 4.16. The van der Waals surface area contributed by atoms with Crippen LogP contribution in [0.4, 0.5) is 0 Å². The van der Waals surface area contributed by atoms with Crippen LogP contribution in [0.1, 0.15) is 24.8 Å². The van der Waals surface area contributed by atoms with E-state index >= 15 is 0 Å². The summed E-state index contributed by atoms with van der Waals surface area (Å²) < 4.78 is 0. The fraction of sp³-hybridized carbons (Fsp3) is 0.583. The highest BCUT2D eigenvalue weighted by atomic mass is 14.8. The number of nitrogens with zero attached hydrogens (tertiary/aromatic N) is 1. The van der Waals surface area contributed by atoms with Crippen LogP contribution in [0.2, 0.25) is 0 Å². The molecule has 2 heterocycles. The molecule has 1 aromatic heterocycles. The van der Waals surface area contributed by atoms with E-state index in [1.54, 1.807) is 0 Å². The number of hydrogen-bond donors (Lipinski definition) is 1. The van der Waals surface area contributed by atoms with Gasteiger partial charge >= 0.3 is 0 Å². The molecule has 0 aromatic carbocycles. The number of aromatic nitrogens is 1. The van der Waals surface area contributed by atoms with E-state index in [0.29, 0.717) is 0 Å². The van der Waals surface area contributed by atoms with Gasteiger partial charge in [-0.3, -0.25) is 4.98 Å². The standard InChI is InChI=1S/C12H18N2/c1-3-11(5-8-13-6-1)9-12-4-2-7-14-10-12/h2,4,7,10-11,13H,1,3,5-6,8-9H2. The molecular weight excluding hydrogens is 172 g/mol. The van der Waals surface area contributed by atoms with Gasteiger partial charge in [-0.25, -0.2) is 0 Å². The summed E-state index contributed by atoms with van der Waals surface area (Å²) >= 11 is 0. The normalized spacial score (nSPS) is 23.0. The van der Waals surface area contributed by atoms with Crippen LogP contribution in [-0.4, -0.2) is 18.1 Å². The Labute approximate surface area is 85.7 Å². The zero-order valence-electron chi connectivity index (χ0n) is 8.58. The van der Waals surface area contributed by atoms with Crippen LogP contribution in [0.25, 0.3) is 0 Å². The maximum Gasteiger partial charge on any atom is 0.0299 e. The zero-order chi connectivity index (χ0) is 9.64. The summed E-state index contributed by atoms with van der Waals surface area (Å²) in [6, 6.07) is 4.22. The molecule has 0 aliphatic carbocycles. The molecule has 0 amide bonds. The van der Waals surface area contributed by atoms with Gasteiger partial charge in [0.25, 0.3) is 0 Å². The summed E-state index contributed by atoms with van der Waals surface area (Å²) in [7, 11) is 0. The smallest absolute Gasteiger partial charge is 0.0299 e. The Morgan fingerprint density at radius 2 is 2.36 bits per heavy atom. The van der Waals surface area contributed by atoms with Gasteiger partial charge in [0, 0.05) is 12.4 Å². The van der Waals surface area contributed by atoms with Crippen molar-refractivity contribution >= 4 is 0 Å². The summed E-state index contributed by atoms with van der Waals surface area (Å²) in [6.07, 6.45) is 9.05. The van der Waals surface area contributed by atoms with Crippen molar-refractivity contribution in [3.8, 4) is 0 Å². The number of rotatable bonds is 2. The Morgan fingerprint density at radius 1 is 1.36 bits per heavy atom. The van der Waals surface area contributed by atoms with E-state index < -0.39 is 0 Å². The van der Waals surface area contributed by atoms with Gasteiger partial charge in [-0.05, 0) is 56.3 Å². The molecule has 0 spiro atoms. The van der Waals surface area contributed by atoms with Gasteiger partial charge in [0.1, 0.15) is 0 Å². The summed E-state index contributed by atoms with van der Waals surface area (Å²) in [5, 5.41) is 3.45. The lowest BCUT2D eigenvalue weighted by Gasteiger charge is -2.12. The predicted molar refractivity (Wildman–Crippen MR) is 58.2 cm³/mol. The van der Waals surface area contributed by atoms with Crippen LogP contribution in [0, 0.1) is 5.92 Å². The van der Waals surface area contributed by atoms with E-state index in [1.165, 1.54) is 44.3 Å². The molecule has 2 nitrogen and oxygen atoms in total. The Bertz CT molecular complexity index is 250. The Morgan fingerprint density at radius 3 is 3.21 bits per heavy atom. The van der Waals surface area contributed by atoms with Gasteiger partial charge in [-0.2, -0.15) is 0 Å². The van der Waals surface area contributed by atoms with Crippen LogP contribution in [-0.2, 0) is 6.42 Å². The lowest BCUT2D eigenvalue weighted by atomic mass is 9.93. The topological polar surface area (TPSA) is 24.9 Å². The molecule has 1 unspecified atom stereocenters. The van der Waals surface area contributed by atoms with Crippen LogP contribution in [0.3, 0.4) is 0 Å². The van der Waals surface area contributed by atoms with E-state index in [4.69, 9.17) is 0 Å². The molecule has 1 aromatic rings. The maximum absolute atomic E-state index is 4.16. The molecule has 0 bridgehead atoms. The fourth-order valence-electron chi connectivity index (χ4n) is 2.15. The first-order valence-corrected chi connectivity index (χ1v) is 5.55. The third-order valence-corrected chi connectivity index (χ3v) is 2.94. The lowest BCUT2D eigenvalue weighted by Crippen LogP contribution is -2.14. The predicted octanol–water partition coefficient (Wildman–Crippen LogP) is 2.01. The minimum atomic E-state index is 0.856. The summed E-state index contributed by atoms with van der Waals surface area (Å²) in [6.45, 7) is 2.38. The van der Waals surface area contributed by atoms with E-state index in [2.05, 4.69) is 16.4 Å². The number of pyridine rings is 1. The highest BCUT2D eigenvalue weighted by molar-refractivity contribution is 5.09. The second-order valence-electron chi connectivity index (χ2n) is 4.11. The fourth-order valence-corrected chi connectivity index (χ4v) is 2.15. The molecule has 2 heteroatoms. The van der Waals surface area contributed by atoms with Gasteiger partial charge in [-0.15, -0.1) is 0 Å². The Balaban J connectivity index is 1.90. The average Bonchev–Trinajstić information content (AvgIpc) is 2.48. The van der Waals surface area contributed by atoms with Crippen molar-refractivity contribution in [1.82, 2.24) is 10.3 Å². The van der Waals surface area contributed by atoms with Gasteiger partial charge in [-0.1, -0.05) is 6.07 Å². The quantitative estimate of drug-likeness (QED) is 0.771. The third-order valence-electron chi connectivity index (χ3n) is 2.94. The second-order valence-corrected chi connectivity index (χ2v) is 4.11. The van der Waals surface area contributed by atoms with Crippen molar-refractivity contribution in [2.45, 2.75) is 25.7 Å². The lowest BCUT2D eigenvalue weighted by molar-refractivity contribution is 0.469. The summed E-state index contributed by atoms with van der Waals surface area (Å²) in [5.41, 5.74) is 1.39. The Kier molecular flexibility index (Phi) is 3.52. The van der Waals surface area contributed by atoms with Gasteiger partial charge in [0.15, 0.2) is 0 Å². The molecule has 1 aliphatic rings. The molecular formula is C12H18N2. The highest BCUT2D eigenvalue weighted by Gasteiger charge is 2.12. The van der Waals surface area contributed by atoms with Crippen molar-refractivity contribution < 1.29 is 0 Å². The van der Waals surface area contributed by atoms with E-state index in [0.717, 1.165) is 5.92 Å². The van der Waals surface area contributed by atoms with Crippen LogP contribution in [0.5, 0.6) is 0 Å². The third kappa shape index (κ3) is 2.81. The van der Waals surface area contributed by atoms with E-state index in [1.807, 2.05) is 18.5 Å². The van der Waals surface area contributed by atoms with Crippen LogP contribution >= 0.6 is 0 Å². The molecule has 1 fully saturated rings. The minimum absolute atomic E-state index is 0.856. The largest absolute Gasteiger partial charge is 0.317 e. The first-order valence-electron chi connectivity index (χ1n) is 5.55. The second kappa shape index (κ2) is 5.11. The highest BCUT2D eigenvalue weighted by Crippen LogP contribution is 2.18. The Hall–Kier alpha value is -0.890. The molecule has 1 N–H and O–H groups in total. The van der Waals surface area contributed by atoms with E-state index in [-0.39, 0.29) is 0 Å². The molecule has 1 aliphatic heterocycles. The SMILES string of the molecule is c1cncc(CC2CCCNCC2)c1. The molecule has 1 saturated heterocycles. The van der Waals surface area contributed by atoms with Gasteiger partial charge in [0.05, 0.1) is 0 Å². The molecule has 0 saturated carbocycles. The van der Waals surface area contributed by atoms with Crippen molar-refractivity contribution in [3.05, 3.63) is 30.1 Å². The van der Waals surface area contributed by atoms with Crippen molar-refractivity contribution in [2.24, 2.45) is 5.92 Å². The van der Waals surface area contributed by atoms with Crippen molar-refractivity contribution in [2.75, 3.05) is 13.1 Å². The van der Waals surface area contributed by atoms with Gasteiger partial charge < -0.3 is 5.32 Å². The first kappa shape index (κ1) is 9.66. The van der Waals surface area contributed by atoms with Crippen LogP contribution < -0.4 is 5.32 Å². The van der Waals surface area contributed by atoms with Gasteiger partial charge in [0.2, 0.25) is 0 Å². The van der Waals surface area contributed by atoms with Crippen molar-refractivity contribution in [3.63, 3.8) is 0 Å². The molecule has 2 rings (SSSR count). The van der Waals surface area contributed by atoms with Crippen molar-refractivity contribution in [1.29, 1.82) is 0 Å². The zero-order valence-corrected chi connectivity index (χ0v) is 8.58. The molecule has 14 heavy (non-hydrogen) atoms. The molecule has 0 radical (unpaired) electrons. The molecule has 1 atom stereocenters. The van der Waals surface area contributed by atoms with E-state index in [9.17, 15) is 0 Å². The maximum atomic E-state index is 4.16. The monoisotopic (exact) mass is 190 g/mol. The first-order chi connectivity index (χ1) is 6.95. The average molecular weight is 190 g/mol. The summed E-state index contributed by atoms with van der Waals surface area (Å²) in [5.74, 6) is 0.856. The van der Waals surface area contributed by atoms with Crippen LogP contribution in [0.15, 0.2) is 24.5 Å². The molecule has 76 valence electrons.